The van der Waals surface area contributed by atoms with Crippen molar-refractivity contribution in [2.45, 2.75) is 18.2 Å². The normalized spacial score (nSPS) is 11.4. The average Bonchev–Trinajstić information content (AvgIpc) is 2.64. The first-order valence-corrected chi connectivity index (χ1v) is 11.3. The summed E-state index contributed by atoms with van der Waals surface area (Å²) in [5, 5.41) is 11.2. The molecule has 0 saturated heterocycles. The third kappa shape index (κ3) is 7.58. The van der Waals surface area contributed by atoms with E-state index in [-0.39, 0.29) is 29.6 Å². The van der Waals surface area contributed by atoms with E-state index in [9.17, 15) is 18.0 Å². The van der Waals surface area contributed by atoms with Crippen LogP contribution in [0, 0.1) is 0 Å². The zero-order valence-corrected chi connectivity index (χ0v) is 18.5. The first-order valence-electron chi connectivity index (χ1n) is 8.98. The van der Waals surface area contributed by atoms with Crippen molar-refractivity contribution in [2.75, 3.05) is 30.3 Å². The van der Waals surface area contributed by atoms with E-state index in [0.29, 0.717) is 22.3 Å². The number of hydrogen-bond donors (Lipinski definition) is 3. The Bertz CT molecular complexity index is 1030. The average molecular weight is 473 g/mol. The van der Waals surface area contributed by atoms with Gasteiger partial charge < -0.3 is 10.6 Å². The molecule has 0 aromatic heterocycles. The summed E-state index contributed by atoms with van der Waals surface area (Å²) in [4.78, 5) is 26.3. The summed E-state index contributed by atoms with van der Waals surface area (Å²) in [5.74, 6) is -0.750. The molecule has 162 valence electrons. The number of nitrogens with zero attached hydrogens (tertiary/aromatic N) is 1. The molecule has 0 atom stereocenters. The van der Waals surface area contributed by atoms with Gasteiger partial charge in [0.1, 0.15) is 0 Å². The van der Waals surface area contributed by atoms with Crippen LogP contribution in [0.5, 0.6) is 0 Å². The van der Waals surface area contributed by atoms with E-state index in [4.69, 9.17) is 28.3 Å². The topological polar surface area (TPSA) is 122 Å². The van der Waals surface area contributed by atoms with Gasteiger partial charge in [0.05, 0.1) is 28.7 Å². The standard InChI is InChI=1S/C19H22Cl2N4O4S/c1-2-8-25(12-19(27)24-17-9-13(20)6-7-16(17)21)11-18(26)23-14-4-3-5-15(10-14)30(22,28)29/h3-7,9-10H,2,8,11-12H2,1H3,(H,23,26)(H,24,27)(H2,22,28,29). The first-order chi connectivity index (χ1) is 14.1. The number of rotatable bonds is 9. The van der Waals surface area contributed by atoms with E-state index in [1.165, 1.54) is 24.3 Å². The molecule has 30 heavy (non-hydrogen) atoms. The van der Waals surface area contributed by atoms with Crippen molar-refractivity contribution in [3.8, 4) is 0 Å². The number of benzene rings is 2. The summed E-state index contributed by atoms with van der Waals surface area (Å²) < 4.78 is 22.9. The van der Waals surface area contributed by atoms with Crippen molar-refractivity contribution in [1.82, 2.24) is 4.90 Å². The molecule has 0 saturated carbocycles. The molecule has 2 aromatic carbocycles. The van der Waals surface area contributed by atoms with Gasteiger partial charge in [-0.05, 0) is 49.4 Å². The number of primary sulfonamides is 1. The summed E-state index contributed by atoms with van der Waals surface area (Å²) in [6.45, 7) is 2.32. The Hall–Kier alpha value is -2.17. The molecule has 0 spiro atoms. The molecule has 0 aliphatic heterocycles. The summed E-state index contributed by atoms with van der Waals surface area (Å²) in [6.07, 6.45) is 0.722. The molecule has 0 aliphatic rings. The maximum atomic E-state index is 12.4. The molecule has 0 radical (unpaired) electrons. The van der Waals surface area contributed by atoms with Crippen molar-refractivity contribution in [3.63, 3.8) is 0 Å². The van der Waals surface area contributed by atoms with Gasteiger partial charge >= 0.3 is 0 Å². The molecule has 4 N–H and O–H groups in total. The smallest absolute Gasteiger partial charge is 0.238 e. The SMILES string of the molecule is CCCN(CC(=O)Nc1cccc(S(N)(=O)=O)c1)CC(=O)Nc1cc(Cl)ccc1Cl. The number of carbonyl (C=O) groups excluding carboxylic acids is 2. The second-order valence-corrected chi connectivity index (χ2v) is 8.91. The molecule has 2 amide bonds. The van der Waals surface area contributed by atoms with Gasteiger partial charge in [-0.25, -0.2) is 13.6 Å². The van der Waals surface area contributed by atoms with Crippen LogP contribution in [0.1, 0.15) is 13.3 Å². The van der Waals surface area contributed by atoms with Crippen LogP contribution in [0.3, 0.4) is 0 Å². The minimum Gasteiger partial charge on any atom is -0.325 e. The van der Waals surface area contributed by atoms with E-state index in [1.807, 2.05) is 6.92 Å². The lowest BCUT2D eigenvalue weighted by Crippen LogP contribution is -2.39. The van der Waals surface area contributed by atoms with Crippen molar-refractivity contribution in [2.24, 2.45) is 5.14 Å². The van der Waals surface area contributed by atoms with Crippen LogP contribution in [-0.4, -0.2) is 44.8 Å². The van der Waals surface area contributed by atoms with Crippen molar-refractivity contribution < 1.29 is 18.0 Å². The number of nitrogens with two attached hydrogens (primary N) is 1. The monoisotopic (exact) mass is 472 g/mol. The fraction of sp³-hybridized carbons (Fsp3) is 0.263. The Morgan fingerprint density at radius 1 is 1.03 bits per heavy atom. The largest absolute Gasteiger partial charge is 0.325 e. The first kappa shape index (κ1) is 24.1. The van der Waals surface area contributed by atoms with Gasteiger partial charge in [0, 0.05) is 10.7 Å². The predicted molar refractivity (Wildman–Crippen MR) is 118 cm³/mol. The Balaban J connectivity index is 2.00. The number of halogens is 2. The fourth-order valence-corrected chi connectivity index (χ4v) is 3.57. The summed E-state index contributed by atoms with van der Waals surface area (Å²) in [7, 11) is -3.88. The molecule has 0 fully saturated rings. The van der Waals surface area contributed by atoms with E-state index >= 15 is 0 Å². The van der Waals surface area contributed by atoms with Crippen LogP contribution in [0.4, 0.5) is 11.4 Å². The highest BCUT2D eigenvalue weighted by atomic mass is 35.5. The van der Waals surface area contributed by atoms with Gasteiger partial charge in [0.2, 0.25) is 21.8 Å². The van der Waals surface area contributed by atoms with E-state index < -0.39 is 15.9 Å². The number of hydrogen-bond acceptors (Lipinski definition) is 5. The Morgan fingerprint density at radius 2 is 1.70 bits per heavy atom. The van der Waals surface area contributed by atoms with Crippen LogP contribution in [0.25, 0.3) is 0 Å². The molecule has 0 aliphatic carbocycles. The predicted octanol–water partition coefficient (Wildman–Crippen LogP) is 2.93. The minimum absolute atomic E-state index is 0.0404. The van der Waals surface area contributed by atoms with Crippen LogP contribution in [0.15, 0.2) is 47.4 Å². The number of nitrogens with one attached hydrogen (secondary N) is 2. The Morgan fingerprint density at radius 3 is 2.33 bits per heavy atom. The summed E-state index contributed by atoms with van der Waals surface area (Å²) in [5.41, 5.74) is 0.674. The van der Waals surface area contributed by atoms with Crippen LogP contribution in [-0.2, 0) is 19.6 Å². The minimum atomic E-state index is -3.88. The highest BCUT2D eigenvalue weighted by molar-refractivity contribution is 7.89. The quantitative estimate of drug-likeness (QED) is 0.517. The van der Waals surface area contributed by atoms with Crippen LogP contribution in [0.2, 0.25) is 10.0 Å². The van der Waals surface area contributed by atoms with Gasteiger partial charge in [-0.3, -0.25) is 14.5 Å². The highest BCUT2D eigenvalue weighted by Crippen LogP contribution is 2.25. The third-order valence-corrected chi connectivity index (χ3v) is 5.40. The van der Waals surface area contributed by atoms with Crippen molar-refractivity contribution in [3.05, 3.63) is 52.5 Å². The summed E-state index contributed by atoms with van der Waals surface area (Å²) >= 11 is 12.0. The second kappa shape index (κ2) is 10.7. The number of carbonyl (C=O) groups is 2. The lowest BCUT2D eigenvalue weighted by Gasteiger charge is -2.21. The van der Waals surface area contributed by atoms with Crippen molar-refractivity contribution in [1.29, 1.82) is 0 Å². The third-order valence-electron chi connectivity index (χ3n) is 3.92. The van der Waals surface area contributed by atoms with Crippen LogP contribution >= 0.6 is 23.2 Å². The number of anilines is 2. The van der Waals surface area contributed by atoms with Gasteiger partial charge in [-0.2, -0.15) is 0 Å². The fourth-order valence-electron chi connectivity index (χ4n) is 2.67. The molecule has 2 aromatic rings. The molecular formula is C19H22Cl2N4O4S. The maximum absolute atomic E-state index is 12.4. The number of sulfonamides is 1. The van der Waals surface area contributed by atoms with Gasteiger partial charge in [0.25, 0.3) is 0 Å². The molecule has 11 heteroatoms. The van der Waals surface area contributed by atoms with Gasteiger partial charge in [0.15, 0.2) is 0 Å². The zero-order valence-electron chi connectivity index (χ0n) is 16.2. The molecule has 0 heterocycles. The molecular weight excluding hydrogens is 451 g/mol. The van der Waals surface area contributed by atoms with E-state index in [1.54, 1.807) is 23.1 Å². The zero-order chi connectivity index (χ0) is 22.3. The van der Waals surface area contributed by atoms with E-state index in [2.05, 4.69) is 10.6 Å². The van der Waals surface area contributed by atoms with Crippen molar-refractivity contribution >= 4 is 56.4 Å². The summed E-state index contributed by atoms with van der Waals surface area (Å²) in [6, 6.07) is 10.3. The Kier molecular flexibility index (Phi) is 8.63. The highest BCUT2D eigenvalue weighted by Gasteiger charge is 2.16. The van der Waals surface area contributed by atoms with E-state index in [0.717, 1.165) is 6.42 Å². The van der Waals surface area contributed by atoms with Gasteiger partial charge in [-0.1, -0.05) is 36.2 Å². The Labute approximate surface area is 185 Å². The van der Waals surface area contributed by atoms with Gasteiger partial charge in [-0.15, -0.1) is 0 Å². The molecule has 2 rings (SSSR count). The molecule has 0 unspecified atom stereocenters. The lowest BCUT2D eigenvalue weighted by molar-refractivity contribution is -0.120. The lowest BCUT2D eigenvalue weighted by atomic mass is 10.3. The van der Waals surface area contributed by atoms with Crippen LogP contribution < -0.4 is 15.8 Å². The molecule has 8 nitrogen and oxygen atoms in total. The molecule has 0 bridgehead atoms. The maximum Gasteiger partial charge on any atom is 0.238 e. The number of amides is 2. The second-order valence-electron chi connectivity index (χ2n) is 6.50.